The first-order chi connectivity index (χ1) is 9.40. The highest BCUT2D eigenvalue weighted by molar-refractivity contribution is 6.03. The third kappa shape index (κ3) is 2.01. The predicted molar refractivity (Wildman–Crippen MR) is 75.8 cm³/mol. The zero-order valence-corrected chi connectivity index (χ0v) is 11.8. The second-order valence-electron chi connectivity index (χ2n) is 6.13. The van der Waals surface area contributed by atoms with Gasteiger partial charge in [-0.1, -0.05) is 13.8 Å². The molecule has 0 aliphatic heterocycles. The molecule has 3 rings (SSSR count). The molecule has 0 bridgehead atoms. The molecule has 1 aliphatic carbocycles. The highest BCUT2D eigenvalue weighted by atomic mass is 16.4. The molecular formula is C14H18N4O2. The van der Waals surface area contributed by atoms with Crippen LogP contribution in [0.4, 0.5) is 5.69 Å². The quantitative estimate of drug-likeness (QED) is 0.892. The number of nitrogens with one attached hydrogen (secondary N) is 1. The molecule has 106 valence electrons. The van der Waals surface area contributed by atoms with Crippen molar-refractivity contribution in [1.82, 2.24) is 14.8 Å². The minimum absolute atomic E-state index is 0.198. The zero-order chi connectivity index (χ0) is 14.5. The zero-order valence-electron chi connectivity index (χ0n) is 11.8. The van der Waals surface area contributed by atoms with E-state index in [1.54, 1.807) is 17.9 Å². The standard InChI is InChI=1S/C14H18N4O2/c1-14(2)4-8(14)5-15-11-9-7-17-18(3)12(9)16-6-10(11)13(19)20/h6-8H,4-5H2,1-3H3,(H,15,16)(H,19,20). The van der Waals surface area contributed by atoms with E-state index in [-0.39, 0.29) is 5.56 Å². The maximum Gasteiger partial charge on any atom is 0.339 e. The molecule has 2 heterocycles. The molecule has 20 heavy (non-hydrogen) atoms. The highest BCUT2D eigenvalue weighted by Crippen LogP contribution is 2.51. The minimum Gasteiger partial charge on any atom is -0.478 e. The van der Waals surface area contributed by atoms with Crippen LogP contribution in [0.5, 0.6) is 0 Å². The average molecular weight is 274 g/mol. The van der Waals surface area contributed by atoms with E-state index in [9.17, 15) is 9.90 Å². The number of hydrogen-bond donors (Lipinski definition) is 2. The third-order valence-corrected chi connectivity index (χ3v) is 4.24. The molecule has 2 N–H and O–H groups in total. The van der Waals surface area contributed by atoms with Crippen LogP contribution in [0.25, 0.3) is 11.0 Å². The minimum atomic E-state index is -0.971. The second kappa shape index (κ2) is 4.19. The van der Waals surface area contributed by atoms with Crippen molar-refractivity contribution in [3.05, 3.63) is 18.0 Å². The van der Waals surface area contributed by atoms with Crippen LogP contribution in [0.1, 0.15) is 30.6 Å². The molecule has 0 aromatic carbocycles. The number of aryl methyl sites for hydroxylation is 1. The number of carboxylic acids is 1. The number of pyridine rings is 1. The van der Waals surface area contributed by atoms with E-state index in [2.05, 4.69) is 29.2 Å². The normalized spacial score (nSPS) is 20.1. The van der Waals surface area contributed by atoms with Gasteiger partial charge in [0.05, 0.1) is 17.3 Å². The SMILES string of the molecule is Cn1ncc2c(NCC3CC3(C)C)c(C(=O)O)cnc21. The number of carboxylic acid groups (broad SMARTS) is 1. The van der Waals surface area contributed by atoms with E-state index in [1.807, 2.05) is 0 Å². The van der Waals surface area contributed by atoms with Crippen LogP contribution in [0, 0.1) is 11.3 Å². The van der Waals surface area contributed by atoms with E-state index in [4.69, 9.17) is 0 Å². The molecule has 0 saturated heterocycles. The summed E-state index contributed by atoms with van der Waals surface area (Å²) in [5, 5.41) is 17.5. The fourth-order valence-corrected chi connectivity index (χ4v) is 2.60. The maximum atomic E-state index is 11.4. The van der Waals surface area contributed by atoms with Gasteiger partial charge in [-0.15, -0.1) is 0 Å². The summed E-state index contributed by atoms with van der Waals surface area (Å²) in [6.45, 7) is 5.23. The molecule has 0 amide bonds. The Labute approximate surface area is 116 Å². The molecule has 1 saturated carbocycles. The van der Waals surface area contributed by atoms with Crippen molar-refractivity contribution in [2.24, 2.45) is 18.4 Å². The second-order valence-corrected chi connectivity index (χ2v) is 6.13. The number of carbonyl (C=O) groups is 1. The van der Waals surface area contributed by atoms with Gasteiger partial charge >= 0.3 is 5.97 Å². The van der Waals surface area contributed by atoms with E-state index in [1.165, 1.54) is 12.6 Å². The van der Waals surface area contributed by atoms with Crippen LogP contribution < -0.4 is 5.32 Å². The maximum absolute atomic E-state index is 11.4. The van der Waals surface area contributed by atoms with Gasteiger partial charge in [-0.05, 0) is 17.8 Å². The van der Waals surface area contributed by atoms with E-state index in [0.29, 0.717) is 22.7 Å². The van der Waals surface area contributed by atoms with Crippen LogP contribution >= 0.6 is 0 Å². The lowest BCUT2D eigenvalue weighted by molar-refractivity contribution is 0.0697. The molecule has 1 unspecified atom stereocenters. The number of aromatic nitrogens is 3. The van der Waals surface area contributed by atoms with Crippen LogP contribution in [0.2, 0.25) is 0 Å². The van der Waals surface area contributed by atoms with Crippen molar-refractivity contribution in [2.45, 2.75) is 20.3 Å². The Hall–Kier alpha value is -2.11. The fourth-order valence-electron chi connectivity index (χ4n) is 2.60. The summed E-state index contributed by atoms with van der Waals surface area (Å²) in [5.74, 6) is -0.384. The molecule has 1 aliphatic rings. The average Bonchev–Trinajstić information content (AvgIpc) is 2.80. The van der Waals surface area contributed by atoms with Crippen LogP contribution in [-0.4, -0.2) is 32.4 Å². The summed E-state index contributed by atoms with van der Waals surface area (Å²) >= 11 is 0. The lowest BCUT2D eigenvalue weighted by Gasteiger charge is -2.11. The topological polar surface area (TPSA) is 80.0 Å². The van der Waals surface area contributed by atoms with Crippen molar-refractivity contribution >= 4 is 22.7 Å². The molecule has 0 spiro atoms. The van der Waals surface area contributed by atoms with Crippen LogP contribution in [0.3, 0.4) is 0 Å². The van der Waals surface area contributed by atoms with Crippen molar-refractivity contribution in [3.8, 4) is 0 Å². The Morgan fingerprint density at radius 3 is 2.85 bits per heavy atom. The number of nitrogens with zero attached hydrogens (tertiary/aromatic N) is 3. The third-order valence-electron chi connectivity index (χ3n) is 4.24. The van der Waals surface area contributed by atoms with Crippen LogP contribution in [-0.2, 0) is 7.05 Å². The van der Waals surface area contributed by atoms with E-state index < -0.39 is 5.97 Å². The first-order valence-corrected chi connectivity index (χ1v) is 6.68. The molecule has 1 atom stereocenters. The first-order valence-electron chi connectivity index (χ1n) is 6.68. The van der Waals surface area contributed by atoms with Gasteiger partial charge in [-0.2, -0.15) is 5.10 Å². The van der Waals surface area contributed by atoms with Crippen molar-refractivity contribution in [1.29, 1.82) is 0 Å². The largest absolute Gasteiger partial charge is 0.478 e. The molecule has 2 aromatic heterocycles. The lowest BCUT2D eigenvalue weighted by atomic mass is 10.1. The van der Waals surface area contributed by atoms with Crippen molar-refractivity contribution < 1.29 is 9.90 Å². The molecule has 1 fully saturated rings. The van der Waals surface area contributed by atoms with Gasteiger partial charge in [0.15, 0.2) is 5.65 Å². The smallest absolute Gasteiger partial charge is 0.339 e. The number of fused-ring (bicyclic) bond motifs is 1. The van der Waals surface area contributed by atoms with Gasteiger partial charge < -0.3 is 10.4 Å². The Morgan fingerprint density at radius 2 is 2.25 bits per heavy atom. The van der Waals surface area contributed by atoms with Gasteiger partial charge in [0.1, 0.15) is 5.56 Å². The van der Waals surface area contributed by atoms with E-state index in [0.717, 1.165) is 11.9 Å². The molecule has 6 heteroatoms. The highest BCUT2D eigenvalue weighted by Gasteiger charge is 2.45. The Bertz CT molecular complexity index is 690. The lowest BCUT2D eigenvalue weighted by Crippen LogP contribution is -2.12. The number of hydrogen-bond acceptors (Lipinski definition) is 4. The van der Waals surface area contributed by atoms with Gasteiger partial charge in [0, 0.05) is 19.8 Å². The fraction of sp³-hybridized carbons (Fsp3) is 0.500. The van der Waals surface area contributed by atoms with Gasteiger partial charge in [-0.25, -0.2) is 9.78 Å². The molecule has 6 nitrogen and oxygen atoms in total. The van der Waals surface area contributed by atoms with Gasteiger partial charge in [-0.3, -0.25) is 4.68 Å². The predicted octanol–water partition coefficient (Wildman–Crippen LogP) is 2.12. The monoisotopic (exact) mass is 274 g/mol. The van der Waals surface area contributed by atoms with Crippen molar-refractivity contribution in [3.63, 3.8) is 0 Å². The number of rotatable bonds is 4. The summed E-state index contributed by atoms with van der Waals surface area (Å²) in [5.41, 5.74) is 1.87. The van der Waals surface area contributed by atoms with Gasteiger partial charge in [0.25, 0.3) is 0 Å². The molecular weight excluding hydrogens is 256 g/mol. The summed E-state index contributed by atoms with van der Waals surface area (Å²) in [6.07, 6.45) is 4.23. The Morgan fingerprint density at radius 1 is 1.55 bits per heavy atom. The molecule has 0 radical (unpaired) electrons. The van der Waals surface area contributed by atoms with Gasteiger partial charge in [0.2, 0.25) is 0 Å². The first kappa shape index (κ1) is 12.9. The summed E-state index contributed by atoms with van der Waals surface area (Å²) < 4.78 is 1.65. The summed E-state index contributed by atoms with van der Waals surface area (Å²) in [6, 6.07) is 0. The van der Waals surface area contributed by atoms with Crippen molar-refractivity contribution in [2.75, 3.05) is 11.9 Å². The Balaban J connectivity index is 1.97. The van der Waals surface area contributed by atoms with Crippen LogP contribution in [0.15, 0.2) is 12.4 Å². The number of aromatic carboxylic acids is 1. The molecule has 2 aromatic rings. The Kier molecular flexibility index (Phi) is 2.70. The number of anilines is 1. The van der Waals surface area contributed by atoms with E-state index >= 15 is 0 Å². The summed E-state index contributed by atoms with van der Waals surface area (Å²) in [7, 11) is 1.80. The summed E-state index contributed by atoms with van der Waals surface area (Å²) in [4.78, 5) is 15.5.